The van der Waals surface area contributed by atoms with E-state index in [0.29, 0.717) is 5.65 Å². The van der Waals surface area contributed by atoms with E-state index in [4.69, 9.17) is 5.73 Å². The van der Waals surface area contributed by atoms with Crippen LogP contribution in [0.25, 0.3) is 11.0 Å². The van der Waals surface area contributed by atoms with Gasteiger partial charge in [-0.15, -0.1) is 0 Å². The Morgan fingerprint density at radius 3 is 3.00 bits per heavy atom. The van der Waals surface area contributed by atoms with Gasteiger partial charge in [-0.25, -0.2) is 15.0 Å². The first-order valence-electron chi connectivity index (χ1n) is 3.65. The minimum absolute atomic E-state index is 0.00815. The molecule has 0 saturated heterocycles. The van der Waals surface area contributed by atoms with Gasteiger partial charge in [0.25, 0.3) is 5.91 Å². The standard InChI is InChI=1S/C8H6N4O/c9-6(13)8-11-4-5-2-1-3-10-7(5)12-8/h1-4H,(H2,9,13). The summed E-state index contributed by atoms with van der Waals surface area (Å²) in [6.07, 6.45) is 3.12. The van der Waals surface area contributed by atoms with Crippen molar-refractivity contribution in [3.63, 3.8) is 0 Å². The van der Waals surface area contributed by atoms with Crippen LogP contribution in [-0.2, 0) is 0 Å². The SMILES string of the molecule is NC(=O)c1ncc2cccnc2n1. The lowest BCUT2D eigenvalue weighted by Gasteiger charge is -1.96. The summed E-state index contributed by atoms with van der Waals surface area (Å²) in [6, 6.07) is 3.59. The van der Waals surface area contributed by atoms with Crippen molar-refractivity contribution >= 4 is 16.9 Å². The van der Waals surface area contributed by atoms with Gasteiger partial charge in [-0.2, -0.15) is 0 Å². The number of fused-ring (bicyclic) bond motifs is 1. The summed E-state index contributed by atoms with van der Waals surface area (Å²) in [5.41, 5.74) is 5.49. The molecular weight excluding hydrogens is 168 g/mol. The molecular formula is C8H6N4O. The number of nitrogens with zero attached hydrogens (tertiary/aromatic N) is 3. The van der Waals surface area contributed by atoms with Crippen molar-refractivity contribution in [1.82, 2.24) is 15.0 Å². The van der Waals surface area contributed by atoms with Gasteiger partial charge in [-0.1, -0.05) is 0 Å². The van der Waals surface area contributed by atoms with Crippen molar-refractivity contribution in [3.05, 3.63) is 30.4 Å². The fraction of sp³-hybridized carbons (Fsp3) is 0. The van der Waals surface area contributed by atoms with Crippen LogP contribution < -0.4 is 5.73 Å². The maximum atomic E-state index is 10.7. The van der Waals surface area contributed by atoms with E-state index in [-0.39, 0.29) is 5.82 Å². The molecule has 2 aromatic rings. The van der Waals surface area contributed by atoms with Gasteiger partial charge in [0, 0.05) is 17.8 Å². The van der Waals surface area contributed by atoms with E-state index in [1.54, 1.807) is 12.3 Å². The number of carbonyl (C=O) groups excluding carboxylic acids is 1. The van der Waals surface area contributed by atoms with Crippen LogP contribution in [0.4, 0.5) is 0 Å². The van der Waals surface area contributed by atoms with Crippen LogP contribution >= 0.6 is 0 Å². The van der Waals surface area contributed by atoms with Crippen LogP contribution in [0.15, 0.2) is 24.5 Å². The van der Waals surface area contributed by atoms with Crippen LogP contribution in [0.1, 0.15) is 10.6 Å². The second-order valence-electron chi connectivity index (χ2n) is 2.47. The average molecular weight is 174 g/mol. The third-order valence-corrected chi connectivity index (χ3v) is 1.57. The first kappa shape index (κ1) is 7.60. The number of hydrogen-bond acceptors (Lipinski definition) is 4. The van der Waals surface area contributed by atoms with Crippen LogP contribution in [0.5, 0.6) is 0 Å². The normalized spacial score (nSPS) is 10.2. The van der Waals surface area contributed by atoms with Gasteiger partial charge in [0.15, 0.2) is 5.65 Å². The summed E-state index contributed by atoms with van der Waals surface area (Å²) in [6.45, 7) is 0. The third kappa shape index (κ3) is 1.31. The highest BCUT2D eigenvalue weighted by atomic mass is 16.1. The highest BCUT2D eigenvalue weighted by Gasteiger charge is 2.04. The van der Waals surface area contributed by atoms with Crippen molar-refractivity contribution in [1.29, 1.82) is 0 Å². The molecule has 0 aliphatic heterocycles. The van der Waals surface area contributed by atoms with E-state index in [1.165, 1.54) is 6.20 Å². The summed E-state index contributed by atoms with van der Waals surface area (Å²) in [5.74, 6) is -0.654. The van der Waals surface area contributed by atoms with Crippen LogP contribution in [0.2, 0.25) is 0 Å². The molecule has 0 atom stereocenters. The Kier molecular flexibility index (Phi) is 1.63. The molecule has 0 aliphatic carbocycles. The topological polar surface area (TPSA) is 81.8 Å². The molecule has 5 heteroatoms. The second-order valence-corrected chi connectivity index (χ2v) is 2.47. The van der Waals surface area contributed by atoms with Crippen molar-refractivity contribution in [2.45, 2.75) is 0 Å². The highest BCUT2D eigenvalue weighted by molar-refractivity contribution is 5.90. The average Bonchev–Trinajstić information content (AvgIpc) is 2.17. The molecule has 0 radical (unpaired) electrons. The van der Waals surface area contributed by atoms with Gasteiger partial charge in [0.2, 0.25) is 5.82 Å². The van der Waals surface area contributed by atoms with E-state index in [1.807, 2.05) is 6.07 Å². The Morgan fingerprint density at radius 2 is 2.23 bits per heavy atom. The van der Waals surface area contributed by atoms with E-state index < -0.39 is 5.91 Å². The zero-order chi connectivity index (χ0) is 9.26. The second kappa shape index (κ2) is 2.78. The summed E-state index contributed by atoms with van der Waals surface area (Å²) in [5, 5.41) is 0.785. The quantitative estimate of drug-likeness (QED) is 0.665. The number of aromatic nitrogens is 3. The summed E-state index contributed by atoms with van der Waals surface area (Å²) < 4.78 is 0. The van der Waals surface area contributed by atoms with Crippen LogP contribution in [0, 0.1) is 0 Å². The number of hydrogen-bond donors (Lipinski definition) is 1. The minimum atomic E-state index is -0.646. The van der Waals surface area contributed by atoms with E-state index >= 15 is 0 Å². The lowest BCUT2D eigenvalue weighted by atomic mass is 10.3. The van der Waals surface area contributed by atoms with Crippen molar-refractivity contribution in [2.24, 2.45) is 5.73 Å². The van der Waals surface area contributed by atoms with Gasteiger partial charge in [-0.05, 0) is 12.1 Å². The molecule has 2 rings (SSSR count). The van der Waals surface area contributed by atoms with Gasteiger partial charge in [0.1, 0.15) is 0 Å². The van der Waals surface area contributed by atoms with Crippen LogP contribution in [-0.4, -0.2) is 20.9 Å². The molecule has 0 fully saturated rings. The molecule has 0 saturated carbocycles. The first-order valence-corrected chi connectivity index (χ1v) is 3.65. The van der Waals surface area contributed by atoms with E-state index in [9.17, 15) is 4.79 Å². The summed E-state index contributed by atoms with van der Waals surface area (Å²) >= 11 is 0. The van der Waals surface area contributed by atoms with Crippen LogP contribution in [0.3, 0.4) is 0 Å². The number of rotatable bonds is 1. The molecule has 0 bridgehead atoms. The van der Waals surface area contributed by atoms with Gasteiger partial charge in [-0.3, -0.25) is 4.79 Å². The van der Waals surface area contributed by atoms with Gasteiger partial charge < -0.3 is 5.73 Å². The molecule has 2 heterocycles. The maximum Gasteiger partial charge on any atom is 0.286 e. The van der Waals surface area contributed by atoms with E-state index in [2.05, 4.69) is 15.0 Å². The van der Waals surface area contributed by atoms with Gasteiger partial charge in [0.05, 0.1) is 0 Å². The van der Waals surface area contributed by atoms with Crippen molar-refractivity contribution in [2.75, 3.05) is 0 Å². The molecule has 0 unspecified atom stereocenters. The Morgan fingerprint density at radius 1 is 1.38 bits per heavy atom. The predicted molar refractivity (Wildman–Crippen MR) is 45.9 cm³/mol. The molecule has 0 aliphatic rings. The number of nitrogens with two attached hydrogens (primary N) is 1. The Bertz CT molecular complexity index is 468. The highest BCUT2D eigenvalue weighted by Crippen LogP contribution is 2.05. The summed E-state index contributed by atoms with van der Waals surface area (Å²) in [4.78, 5) is 22.3. The lowest BCUT2D eigenvalue weighted by molar-refractivity contribution is 0.0991. The zero-order valence-corrected chi connectivity index (χ0v) is 6.64. The molecule has 5 nitrogen and oxygen atoms in total. The zero-order valence-electron chi connectivity index (χ0n) is 6.64. The predicted octanol–water partition coefficient (Wildman–Crippen LogP) is 0.124. The third-order valence-electron chi connectivity index (χ3n) is 1.57. The number of pyridine rings is 1. The molecule has 2 N–H and O–H groups in total. The van der Waals surface area contributed by atoms with E-state index in [0.717, 1.165) is 5.39 Å². The Balaban J connectivity index is 2.69. The Labute approximate surface area is 73.6 Å². The fourth-order valence-electron chi connectivity index (χ4n) is 0.982. The maximum absolute atomic E-state index is 10.7. The number of primary amides is 1. The summed E-state index contributed by atoms with van der Waals surface area (Å²) in [7, 11) is 0. The largest absolute Gasteiger partial charge is 0.363 e. The molecule has 13 heavy (non-hydrogen) atoms. The van der Waals surface area contributed by atoms with Crippen molar-refractivity contribution in [3.8, 4) is 0 Å². The number of carbonyl (C=O) groups is 1. The molecule has 64 valence electrons. The Hall–Kier alpha value is -2.04. The van der Waals surface area contributed by atoms with Crippen molar-refractivity contribution < 1.29 is 4.79 Å². The minimum Gasteiger partial charge on any atom is -0.363 e. The molecule has 2 aromatic heterocycles. The molecule has 0 aromatic carbocycles. The lowest BCUT2D eigenvalue weighted by Crippen LogP contribution is -2.15. The molecule has 1 amide bonds. The van der Waals surface area contributed by atoms with Gasteiger partial charge >= 0.3 is 0 Å². The first-order chi connectivity index (χ1) is 6.27. The fourth-order valence-corrected chi connectivity index (χ4v) is 0.982. The smallest absolute Gasteiger partial charge is 0.286 e. The molecule has 0 spiro atoms. The monoisotopic (exact) mass is 174 g/mol. The number of amides is 1.